The summed E-state index contributed by atoms with van der Waals surface area (Å²) in [5.41, 5.74) is 1.04. The molecule has 0 radical (unpaired) electrons. The van der Waals surface area contributed by atoms with E-state index in [0.29, 0.717) is 4.88 Å². The molecule has 1 fully saturated rings. The molecule has 0 atom stereocenters. The van der Waals surface area contributed by atoms with E-state index >= 15 is 0 Å². The van der Waals surface area contributed by atoms with E-state index < -0.39 is 0 Å². The van der Waals surface area contributed by atoms with Crippen molar-refractivity contribution in [3.8, 4) is 0 Å². The molecule has 1 heterocycles. The minimum atomic E-state index is -0.363. The van der Waals surface area contributed by atoms with Crippen LogP contribution in [0.15, 0.2) is 9.85 Å². The fourth-order valence-electron chi connectivity index (χ4n) is 2.49. The Labute approximate surface area is 131 Å². The number of esters is 1. The molecule has 1 aliphatic rings. The van der Waals surface area contributed by atoms with Crippen molar-refractivity contribution in [3.05, 3.63) is 20.3 Å². The summed E-state index contributed by atoms with van der Waals surface area (Å²) >= 11 is 4.86. The summed E-state index contributed by atoms with van der Waals surface area (Å²) in [4.78, 5) is 26.6. The molecule has 0 spiro atoms. The number of hydrogen-bond acceptors (Lipinski definition) is 4. The van der Waals surface area contributed by atoms with E-state index in [1.165, 1.54) is 18.4 Å². The molecule has 6 heteroatoms. The molecular weight excluding hydrogens is 342 g/mol. The highest BCUT2D eigenvalue weighted by Gasteiger charge is 2.30. The zero-order chi connectivity index (χ0) is 14.7. The molecular formula is C14H18BrNO3S. The quantitative estimate of drug-likeness (QED) is 0.774. The molecule has 1 aliphatic carbocycles. The lowest BCUT2D eigenvalue weighted by molar-refractivity contribution is -0.141. The lowest BCUT2D eigenvalue weighted by Gasteiger charge is -2.27. The predicted octanol–water partition coefficient (Wildman–Crippen LogP) is 3.38. The SMILES string of the molecule is COC(=O)CN(C(=O)c1cc(C)c(Br)s1)C1CCCC1. The number of halogens is 1. The average Bonchev–Trinajstić information content (AvgIpc) is 3.06. The summed E-state index contributed by atoms with van der Waals surface area (Å²) in [7, 11) is 1.35. The van der Waals surface area contributed by atoms with Gasteiger partial charge < -0.3 is 9.64 Å². The number of carbonyl (C=O) groups excluding carboxylic acids is 2. The van der Waals surface area contributed by atoms with Crippen LogP contribution < -0.4 is 0 Å². The minimum absolute atomic E-state index is 0.0363. The van der Waals surface area contributed by atoms with Gasteiger partial charge in [0.15, 0.2) is 0 Å². The van der Waals surface area contributed by atoms with E-state index in [0.717, 1.165) is 35.0 Å². The molecule has 0 unspecified atom stereocenters. The third-order valence-electron chi connectivity index (χ3n) is 3.62. The average molecular weight is 360 g/mol. The fraction of sp³-hybridized carbons (Fsp3) is 0.571. The Morgan fingerprint density at radius 1 is 1.45 bits per heavy atom. The van der Waals surface area contributed by atoms with Crippen LogP contribution in [0.25, 0.3) is 0 Å². The maximum atomic E-state index is 12.7. The first-order valence-corrected chi connectivity index (χ1v) is 8.27. The molecule has 0 N–H and O–H groups in total. The van der Waals surface area contributed by atoms with Crippen molar-refractivity contribution in [2.45, 2.75) is 38.6 Å². The van der Waals surface area contributed by atoms with Gasteiger partial charge in [-0.15, -0.1) is 11.3 Å². The normalized spacial score (nSPS) is 15.3. The van der Waals surface area contributed by atoms with E-state index in [1.807, 2.05) is 13.0 Å². The van der Waals surface area contributed by atoms with Gasteiger partial charge in [0.1, 0.15) is 6.54 Å². The van der Waals surface area contributed by atoms with Crippen LogP contribution in [0.5, 0.6) is 0 Å². The van der Waals surface area contributed by atoms with Gasteiger partial charge in [-0.25, -0.2) is 0 Å². The van der Waals surface area contributed by atoms with Gasteiger partial charge in [0.2, 0.25) is 0 Å². The molecule has 1 saturated carbocycles. The summed E-state index contributed by atoms with van der Waals surface area (Å²) in [5.74, 6) is -0.432. The minimum Gasteiger partial charge on any atom is -0.468 e. The molecule has 4 nitrogen and oxygen atoms in total. The van der Waals surface area contributed by atoms with Crippen LogP contribution >= 0.6 is 27.3 Å². The van der Waals surface area contributed by atoms with Crippen LogP contribution in [0, 0.1) is 6.92 Å². The summed E-state index contributed by atoms with van der Waals surface area (Å²) in [6.07, 6.45) is 4.16. The number of ether oxygens (including phenoxy) is 1. The van der Waals surface area contributed by atoms with Crippen molar-refractivity contribution in [2.24, 2.45) is 0 Å². The van der Waals surface area contributed by atoms with E-state index in [-0.39, 0.29) is 24.5 Å². The smallest absolute Gasteiger partial charge is 0.325 e. The monoisotopic (exact) mass is 359 g/mol. The molecule has 0 aliphatic heterocycles. The van der Waals surface area contributed by atoms with Gasteiger partial charge in [-0.1, -0.05) is 12.8 Å². The molecule has 0 aromatic carbocycles. The lowest BCUT2D eigenvalue weighted by Crippen LogP contribution is -2.42. The van der Waals surface area contributed by atoms with Crippen molar-refractivity contribution in [2.75, 3.05) is 13.7 Å². The van der Waals surface area contributed by atoms with Gasteiger partial charge >= 0.3 is 5.97 Å². The molecule has 20 heavy (non-hydrogen) atoms. The maximum Gasteiger partial charge on any atom is 0.325 e. The Hall–Kier alpha value is -0.880. The largest absolute Gasteiger partial charge is 0.468 e. The number of aryl methyl sites for hydroxylation is 1. The molecule has 0 saturated heterocycles. The van der Waals surface area contributed by atoms with Crippen LogP contribution in [-0.2, 0) is 9.53 Å². The van der Waals surface area contributed by atoms with Crippen LogP contribution in [0.2, 0.25) is 0 Å². The van der Waals surface area contributed by atoms with E-state index in [2.05, 4.69) is 15.9 Å². The van der Waals surface area contributed by atoms with Crippen LogP contribution in [0.3, 0.4) is 0 Å². The van der Waals surface area contributed by atoms with Crippen molar-refractivity contribution in [1.82, 2.24) is 4.90 Å². The Morgan fingerprint density at radius 3 is 2.60 bits per heavy atom. The third kappa shape index (κ3) is 3.41. The first-order valence-electron chi connectivity index (χ1n) is 6.66. The highest BCUT2D eigenvalue weighted by atomic mass is 79.9. The first-order chi connectivity index (χ1) is 9.52. The van der Waals surface area contributed by atoms with Gasteiger partial charge in [-0.05, 0) is 47.3 Å². The number of rotatable bonds is 4. The summed E-state index contributed by atoms with van der Waals surface area (Å²) in [5, 5.41) is 0. The van der Waals surface area contributed by atoms with Gasteiger partial charge in [0, 0.05) is 6.04 Å². The summed E-state index contributed by atoms with van der Waals surface area (Å²) in [6.45, 7) is 1.99. The first kappa shape index (κ1) is 15.5. The molecule has 2 rings (SSSR count). The molecule has 1 amide bonds. The second kappa shape index (κ2) is 6.72. The Balaban J connectivity index is 2.20. The zero-order valence-corrected chi connectivity index (χ0v) is 14.1. The molecule has 110 valence electrons. The Kier molecular flexibility index (Phi) is 5.21. The number of thiophene rings is 1. The van der Waals surface area contributed by atoms with Crippen LogP contribution in [0.1, 0.15) is 40.9 Å². The van der Waals surface area contributed by atoms with Crippen molar-refractivity contribution in [1.29, 1.82) is 0 Å². The second-order valence-corrected chi connectivity index (χ2v) is 7.38. The number of hydrogen-bond donors (Lipinski definition) is 0. The standard InChI is InChI=1S/C14H18BrNO3S/c1-9-7-11(20-13(9)15)14(18)16(8-12(17)19-2)10-5-3-4-6-10/h7,10H,3-6,8H2,1-2H3. The third-order valence-corrected chi connectivity index (χ3v) is 5.75. The van der Waals surface area contributed by atoms with Crippen molar-refractivity contribution >= 4 is 39.1 Å². The Bertz CT molecular complexity index is 489. The number of amides is 1. The lowest BCUT2D eigenvalue weighted by atomic mass is 10.2. The highest BCUT2D eigenvalue weighted by Crippen LogP contribution is 2.30. The van der Waals surface area contributed by atoms with Gasteiger partial charge in [-0.3, -0.25) is 9.59 Å². The van der Waals surface area contributed by atoms with Gasteiger partial charge in [0.25, 0.3) is 5.91 Å². The van der Waals surface area contributed by atoms with Gasteiger partial charge in [-0.2, -0.15) is 0 Å². The summed E-state index contributed by atoms with van der Waals surface area (Å²) < 4.78 is 5.68. The van der Waals surface area contributed by atoms with Gasteiger partial charge in [0.05, 0.1) is 15.8 Å². The van der Waals surface area contributed by atoms with Crippen molar-refractivity contribution < 1.29 is 14.3 Å². The second-order valence-electron chi connectivity index (χ2n) is 5.01. The zero-order valence-electron chi connectivity index (χ0n) is 11.6. The maximum absolute atomic E-state index is 12.7. The fourth-order valence-corrected chi connectivity index (χ4v) is 3.98. The summed E-state index contributed by atoms with van der Waals surface area (Å²) in [6, 6.07) is 2.03. The molecule has 0 bridgehead atoms. The number of methoxy groups -OCH3 is 1. The predicted molar refractivity (Wildman–Crippen MR) is 82.1 cm³/mol. The highest BCUT2D eigenvalue weighted by molar-refractivity contribution is 9.11. The topological polar surface area (TPSA) is 46.6 Å². The number of carbonyl (C=O) groups is 2. The van der Waals surface area contributed by atoms with E-state index in [1.54, 1.807) is 4.90 Å². The molecule has 1 aromatic heterocycles. The van der Waals surface area contributed by atoms with Crippen LogP contribution in [-0.4, -0.2) is 36.5 Å². The Morgan fingerprint density at radius 2 is 2.10 bits per heavy atom. The van der Waals surface area contributed by atoms with E-state index in [9.17, 15) is 9.59 Å². The van der Waals surface area contributed by atoms with Crippen LogP contribution in [0.4, 0.5) is 0 Å². The van der Waals surface area contributed by atoms with E-state index in [4.69, 9.17) is 4.74 Å². The van der Waals surface area contributed by atoms with Crippen molar-refractivity contribution in [3.63, 3.8) is 0 Å². The number of nitrogens with zero attached hydrogens (tertiary/aromatic N) is 1. The molecule has 1 aromatic rings.